The number of carbonyl (C=O) groups is 1. The maximum Gasteiger partial charge on any atom is 0.260 e. The molecule has 2 heterocycles. The van der Waals surface area contributed by atoms with Gasteiger partial charge in [-0.25, -0.2) is 0 Å². The van der Waals surface area contributed by atoms with Gasteiger partial charge in [0, 0.05) is 37.8 Å². The van der Waals surface area contributed by atoms with Gasteiger partial charge in [0.25, 0.3) is 5.91 Å². The van der Waals surface area contributed by atoms with E-state index in [0.717, 1.165) is 24.0 Å². The van der Waals surface area contributed by atoms with E-state index < -0.39 is 12.2 Å². The third-order valence-corrected chi connectivity index (χ3v) is 5.16. The Kier molecular flexibility index (Phi) is 5.74. The topological polar surface area (TPSA) is 74.7 Å². The van der Waals surface area contributed by atoms with Gasteiger partial charge in [-0.1, -0.05) is 42.5 Å². The molecule has 1 aliphatic heterocycles. The average Bonchev–Trinajstić information content (AvgIpc) is 3.14. The molecular weight excluding hydrogens is 366 g/mol. The van der Waals surface area contributed by atoms with Crippen LogP contribution in [0.5, 0.6) is 5.75 Å². The number of β-amino-alcohol motifs (C(OH)–C–C–N with tert-alkyl or cyclic N) is 1. The number of nitrogens with zero attached hydrogens (tertiary/aromatic N) is 2. The van der Waals surface area contributed by atoms with Crippen molar-refractivity contribution >= 4 is 16.8 Å². The van der Waals surface area contributed by atoms with Crippen LogP contribution in [0.2, 0.25) is 0 Å². The Hall–Kier alpha value is -2.96. The number of para-hydroxylation sites is 1. The predicted octanol–water partition coefficient (Wildman–Crippen LogP) is 2.50. The highest BCUT2D eigenvalue weighted by Crippen LogP contribution is 2.24. The number of aliphatic hydroxyl groups is 1. The maximum atomic E-state index is 12.4. The minimum absolute atomic E-state index is 0.188. The lowest BCUT2D eigenvalue weighted by Crippen LogP contribution is -2.43. The van der Waals surface area contributed by atoms with Gasteiger partial charge < -0.3 is 15.2 Å². The standard InChI is InChI=1S/C23H25N3O3/c1-16(29-21-10-4-8-17-9-5-11-24-22(17)21)23(28)25-12-20(27)15-26-13-18-6-2-3-7-19(18)14-26/h2-11,16,20,27H,12-15H2,1H3,(H,25,28)/t16-,20-/m0/s1. The van der Waals surface area contributed by atoms with E-state index >= 15 is 0 Å². The Morgan fingerprint density at radius 1 is 1.14 bits per heavy atom. The summed E-state index contributed by atoms with van der Waals surface area (Å²) in [5.41, 5.74) is 3.33. The van der Waals surface area contributed by atoms with Gasteiger partial charge in [0.15, 0.2) is 6.10 Å². The second kappa shape index (κ2) is 8.59. The molecule has 1 aromatic heterocycles. The van der Waals surface area contributed by atoms with E-state index in [2.05, 4.69) is 27.3 Å². The Balaban J connectivity index is 1.27. The molecule has 0 saturated carbocycles. The molecule has 2 aromatic carbocycles. The number of carbonyl (C=O) groups excluding carboxylic acids is 1. The summed E-state index contributed by atoms with van der Waals surface area (Å²) < 4.78 is 5.83. The summed E-state index contributed by atoms with van der Waals surface area (Å²) in [4.78, 5) is 18.9. The van der Waals surface area contributed by atoms with Gasteiger partial charge in [-0.05, 0) is 30.2 Å². The van der Waals surface area contributed by atoms with Crippen molar-refractivity contribution < 1.29 is 14.6 Å². The molecule has 6 nitrogen and oxygen atoms in total. The molecule has 0 spiro atoms. The molecule has 0 unspecified atom stereocenters. The van der Waals surface area contributed by atoms with Crippen LogP contribution in [-0.2, 0) is 17.9 Å². The van der Waals surface area contributed by atoms with Crippen LogP contribution in [0.3, 0.4) is 0 Å². The maximum absolute atomic E-state index is 12.4. The normalized spacial score (nSPS) is 15.7. The second-order valence-electron chi connectivity index (χ2n) is 7.43. The molecule has 29 heavy (non-hydrogen) atoms. The van der Waals surface area contributed by atoms with Gasteiger partial charge in [0.05, 0.1) is 6.10 Å². The van der Waals surface area contributed by atoms with Crippen molar-refractivity contribution in [2.45, 2.75) is 32.2 Å². The number of ether oxygens (including phenoxy) is 1. The molecule has 0 saturated heterocycles. The number of pyridine rings is 1. The van der Waals surface area contributed by atoms with Crippen molar-refractivity contribution in [1.82, 2.24) is 15.2 Å². The Labute approximate surface area is 170 Å². The molecular formula is C23H25N3O3. The first-order chi connectivity index (χ1) is 14.1. The van der Waals surface area contributed by atoms with Crippen molar-refractivity contribution in [3.8, 4) is 5.75 Å². The number of benzene rings is 2. The number of nitrogens with one attached hydrogen (secondary N) is 1. The molecule has 1 aliphatic rings. The van der Waals surface area contributed by atoms with Crippen LogP contribution < -0.4 is 10.1 Å². The largest absolute Gasteiger partial charge is 0.479 e. The van der Waals surface area contributed by atoms with E-state index in [4.69, 9.17) is 4.74 Å². The summed E-state index contributed by atoms with van der Waals surface area (Å²) >= 11 is 0. The molecule has 150 valence electrons. The molecule has 6 heteroatoms. The van der Waals surface area contributed by atoms with Gasteiger partial charge in [-0.3, -0.25) is 14.7 Å². The zero-order chi connectivity index (χ0) is 20.2. The fraction of sp³-hybridized carbons (Fsp3) is 0.304. The minimum atomic E-state index is -0.689. The van der Waals surface area contributed by atoms with Crippen LogP contribution in [0, 0.1) is 0 Å². The lowest BCUT2D eigenvalue weighted by atomic mass is 10.1. The molecule has 2 atom stereocenters. The van der Waals surface area contributed by atoms with E-state index in [0.29, 0.717) is 12.3 Å². The van der Waals surface area contributed by atoms with Crippen molar-refractivity contribution in [3.05, 3.63) is 71.9 Å². The van der Waals surface area contributed by atoms with Crippen LogP contribution in [0.4, 0.5) is 0 Å². The molecule has 4 rings (SSSR count). The minimum Gasteiger partial charge on any atom is -0.479 e. The fourth-order valence-corrected chi connectivity index (χ4v) is 3.67. The SMILES string of the molecule is C[C@H](Oc1cccc2cccnc12)C(=O)NC[C@H](O)CN1Cc2ccccc2C1. The Morgan fingerprint density at radius 3 is 2.62 bits per heavy atom. The molecule has 0 aliphatic carbocycles. The van der Waals surface area contributed by atoms with Gasteiger partial charge in [-0.15, -0.1) is 0 Å². The van der Waals surface area contributed by atoms with E-state index in [1.165, 1.54) is 11.1 Å². The Bertz CT molecular complexity index is 977. The van der Waals surface area contributed by atoms with Crippen LogP contribution >= 0.6 is 0 Å². The van der Waals surface area contributed by atoms with E-state index in [1.807, 2.05) is 36.4 Å². The zero-order valence-corrected chi connectivity index (χ0v) is 16.4. The van der Waals surface area contributed by atoms with Crippen LogP contribution in [0.15, 0.2) is 60.8 Å². The first-order valence-corrected chi connectivity index (χ1v) is 9.85. The lowest BCUT2D eigenvalue weighted by molar-refractivity contribution is -0.127. The highest BCUT2D eigenvalue weighted by Gasteiger charge is 2.22. The highest BCUT2D eigenvalue weighted by atomic mass is 16.5. The summed E-state index contributed by atoms with van der Waals surface area (Å²) in [5.74, 6) is 0.308. The molecule has 0 bridgehead atoms. The van der Waals surface area contributed by atoms with Crippen molar-refractivity contribution in [1.29, 1.82) is 0 Å². The van der Waals surface area contributed by atoms with Gasteiger partial charge in [-0.2, -0.15) is 0 Å². The van der Waals surface area contributed by atoms with Crippen LogP contribution in [0.1, 0.15) is 18.1 Å². The number of rotatable bonds is 7. The molecule has 0 fully saturated rings. The summed E-state index contributed by atoms with van der Waals surface area (Å²) in [7, 11) is 0. The predicted molar refractivity (Wildman–Crippen MR) is 111 cm³/mol. The van der Waals surface area contributed by atoms with Gasteiger partial charge in [0.2, 0.25) is 0 Å². The van der Waals surface area contributed by atoms with Crippen molar-refractivity contribution in [2.75, 3.05) is 13.1 Å². The number of amides is 1. The van der Waals surface area contributed by atoms with Crippen molar-refractivity contribution in [3.63, 3.8) is 0 Å². The van der Waals surface area contributed by atoms with E-state index in [9.17, 15) is 9.90 Å². The van der Waals surface area contributed by atoms with Crippen LogP contribution in [0.25, 0.3) is 10.9 Å². The van der Waals surface area contributed by atoms with Gasteiger partial charge >= 0.3 is 0 Å². The molecule has 0 radical (unpaired) electrons. The third-order valence-electron chi connectivity index (χ3n) is 5.16. The first-order valence-electron chi connectivity index (χ1n) is 9.85. The van der Waals surface area contributed by atoms with Crippen molar-refractivity contribution in [2.24, 2.45) is 0 Å². The number of aliphatic hydroxyl groups excluding tert-OH is 1. The highest BCUT2D eigenvalue weighted by molar-refractivity contribution is 5.85. The monoisotopic (exact) mass is 391 g/mol. The Morgan fingerprint density at radius 2 is 1.86 bits per heavy atom. The summed E-state index contributed by atoms with van der Waals surface area (Å²) in [5, 5.41) is 14.1. The quantitative estimate of drug-likeness (QED) is 0.647. The third kappa shape index (κ3) is 4.55. The smallest absolute Gasteiger partial charge is 0.260 e. The first kappa shape index (κ1) is 19.4. The average molecular weight is 391 g/mol. The molecule has 1 amide bonds. The molecule has 3 aromatic rings. The van der Waals surface area contributed by atoms with Gasteiger partial charge in [0.1, 0.15) is 11.3 Å². The zero-order valence-electron chi connectivity index (χ0n) is 16.4. The van der Waals surface area contributed by atoms with E-state index in [1.54, 1.807) is 19.2 Å². The summed E-state index contributed by atoms with van der Waals surface area (Å²) in [6.07, 6.45) is 0.373. The van der Waals surface area contributed by atoms with Crippen LogP contribution in [-0.4, -0.2) is 46.2 Å². The fourth-order valence-electron chi connectivity index (χ4n) is 3.67. The number of aromatic nitrogens is 1. The molecule has 2 N–H and O–H groups in total. The summed E-state index contributed by atoms with van der Waals surface area (Å²) in [6, 6.07) is 17.7. The number of hydrogen-bond acceptors (Lipinski definition) is 5. The lowest BCUT2D eigenvalue weighted by Gasteiger charge is -2.21. The second-order valence-corrected chi connectivity index (χ2v) is 7.43. The number of hydrogen-bond donors (Lipinski definition) is 2. The van der Waals surface area contributed by atoms with E-state index in [-0.39, 0.29) is 12.5 Å². The summed E-state index contributed by atoms with van der Waals surface area (Å²) in [6.45, 7) is 4.05. The number of fused-ring (bicyclic) bond motifs is 2.